The summed E-state index contributed by atoms with van der Waals surface area (Å²) < 4.78 is 25.7. The summed E-state index contributed by atoms with van der Waals surface area (Å²) in [5.74, 6) is -1.15. The van der Waals surface area contributed by atoms with Crippen LogP contribution in [0.15, 0.2) is 48.5 Å². The molecule has 1 nitrogen and oxygen atoms in total. The highest BCUT2D eigenvalue weighted by molar-refractivity contribution is 5.44. The second-order valence-corrected chi connectivity index (χ2v) is 3.50. The number of rotatable bonds is 3. The van der Waals surface area contributed by atoms with E-state index in [9.17, 15) is 8.78 Å². The first kappa shape index (κ1) is 10.6. The molecule has 0 fully saturated rings. The SMILES string of the molecule is Fc1cc(F)cc(NCc2ccccc2)c1. The molecule has 0 heterocycles. The van der Waals surface area contributed by atoms with Gasteiger partial charge in [0.15, 0.2) is 0 Å². The van der Waals surface area contributed by atoms with Crippen LogP contribution in [0.5, 0.6) is 0 Å². The normalized spacial score (nSPS) is 10.1. The molecule has 2 aromatic carbocycles. The summed E-state index contributed by atoms with van der Waals surface area (Å²) in [6.45, 7) is 0.545. The second kappa shape index (κ2) is 4.75. The zero-order valence-electron chi connectivity index (χ0n) is 8.58. The molecule has 82 valence electrons. The lowest BCUT2D eigenvalue weighted by molar-refractivity contribution is 0.584. The fourth-order valence-corrected chi connectivity index (χ4v) is 1.46. The largest absolute Gasteiger partial charge is 0.381 e. The molecule has 0 aromatic heterocycles. The minimum Gasteiger partial charge on any atom is -0.381 e. The first-order chi connectivity index (χ1) is 7.74. The first-order valence-electron chi connectivity index (χ1n) is 4.98. The van der Waals surface area contributed by atoms with Crippen molar-refractivity contribution in [1.82, 2.24) is 0 Å². The van der Waals surface area contributed by atoms with Crippen molar-refractivity contribution in [3.63, 3.8) is 0 Å². The van der Waals surface area contributed by atoms with E-state index in [0.717, 1.165) is 11.6 Å². The third-order valence-electron chi connectivity index (χ3n) is 2.20. The van der Waals surface area contributed by atoms with Crippen LogP contribution in [0.3, 0.4) is 0 Å². The maximum Gasteiger partial charge on any atom is 0.128 e. The van der Waals surface area contributed by atoms with Crippen molar-refractivity contribution >= 4 is 5.69 Å². The highest BCUT2D eigenvalue weighted by atomic mass is 19.1. The zero-order chi connectivity index (χ0) is 11.4. The van der Waals surface area contributed by atoms with E-state index in [4.69, 9.17) is 0 Å². The molecule has 0 aliphatic rings. The third-order valence-corrected chi connectivity index (χ3v) is 2.20. The molecule has 16 heavy (non-hydrogen) atoms. The average Bonchev–Trinajstić information content (AvgIpc) is 2.27. The lowest BCUT2D eigenvalue weighted by Crippen LogP contribution is -1.99. The Morgan fingerprint density at radius 1 is 0.875 bits per heavy atom. The minimum absolute atomic E-state index is 0.446. The van der Waals surface area contributed by atoms with E-state index in [0.29, 0.717) is 12.2 Å². The molecule has 0 radical (unpaired) electrons. The van der Waals surface area contributed by atoms with Crippen molar-refractivity contribution in [1.29, 1.82) is 0 Å². The summed E-state index contributed by atoms with van der Waals surface area (Å²) >= 11 is 0. The van der Waals surface area contributed by atoms with Gasteiger partial charge in [-0.05, 0) is 17.7 Å². The molecule has 0 bridgehead atoms. The van der Waals surface area contributed by atoms with E-state index in [1.165, 1.54) is 12.1 Å². The van der Waals surface area contributed by atoms with Crippen LogP contribution in [-0.2, 0) is 6.54 Å². The Hall–Kier alpha value is -1.90. The van der Waals surface area contributed by atoms with Gasteiger partial charge in [0, 0.05) is 18.3 Å². The van der Waals surface area contributed by atoms with Gasteiger partial charge in [-0.2, -0.15) is 0 Å². The van der Waals surface area contributed by atoms with Gasteiger partial charge in [0.2, 0.25) is 0 Å². The number of hydrogen-bond acceptors (Lipinski definition) is 1. The number of halogens is 2. The van der Waals surface area contributed by atoms with Gasteiger partial charge in [-0.15, -0.1) is 0 Å². The van der Waals surface area contributed by atoms with Gasteiger partial charge in [-0.25, -0.2) is 8.78 Å². The van der Waals surface area contributed by atoms with Gasteiger partial charge in [0.1, 0.15) is 11.6 Å². The Bertz CT molecular complexity index is 448. The van der Waals surface area contributed by atoms with Crippen LogP contribution in [0.4, 0.5) is 14.5 Å². The van der Waals surface area contributed by atoms with Crippen molar-refractivity contribution in [2.45, 2.75) is 6.54 Å². The van der Waals surface area contributed by atoms with Crippen LogP contribution in [-0.4, -0.2) is 0 Å². The van der Waals surface area contributed by atoms with Crippen LogP contribution in [0.25, 0.3) is 0 Å². The number of anilines is 1. The minimum atomic E-state index is -0.574. The van der Waals surface area contributed by atoms with Gasteiger partial charge in [-0.1, -0.05) is 30.3 Å². The maximum absolute atomic E-state index is 12.9. The van der Waals surface area contributed by atoms with Crippen LogP contribution < -0.4 is 5.32 Å². The Morgan fingerprint density at radius 2 is 1.50 bits per heavy atom. The molecule has 0 saturated heterocycles. The molecule has 1 N–H and O–H groups in total. The molecule has 2 aromatic rings. The van der Waals surface area contributed by atoms with Crippen molar-refractivity contribution in [3.05, 3.63) is 65.7 Å². The van der Waals surface area contributed by atoms with Gasteiger partial charge in [-0.3, -0.25) is 0 Å². The zero-order valence-corrected chi connectivity index (χ0v) is 8.58. The first-order valence-corrected chi connectivity index (χ1v) is 4.98. The summed E-state index contributed by atoms with van der Waals surface area (Å²) in [4.78, 5) is 0. The summed E-state index contributed by atoms with van der Waals surface area (Å²) in [5, 5.41) is 2.96. The smallest absolute Gasteiger partial charge is 0.128 e. The molecule has 0 unspecified atom stereocenters. The monoisotopic (exact) mass is 219 g/mol. The van der Waals surface area contributed by atoms with E-state index < -0.39 is 11.6 Å². The Kier molecular flexibility index (Phi) is 3.15. The molecule has 0 amide bonds. The van der Waals surface area contributed by atoms with E-state index in [1.807, 2.05) is 30.3 Å². The van der Waals surface area contributed by atoms with E-state index in [-0.39, 0.29) is 0 Å². The van der Waals surface area contributed by atoms with Gasteiger partial charge < -0.3 is 5.32 Å². The van der Waals surface area contributed by atoms with Crippen molar-refractivity contribution in [2.24, 2.45) is 0 Å². The summed E-state index contributed by atoms with van der Waals surface area (Å²) in [6.07, 6.45) is 0. The third kappa shape index (κ3) is 2.79. The number of nitrogens with one attached hydrogen (secondary N) is 1. The fourth-order valence-electron chi connectivity index (χ4n) is 1.46. The van der Waals surface area contributed by atoms with E-state index in [2.05, 4.69) is 5.32 Å². The van der Waals surface area contributed by atoms with Crippen LogP contribution in [0.1, 0.15) is 5.56 Å². The maximum atomic E-state index is 12.9. The van der Waals surface area contributed by atoms with Crippen molar-refractivity contribution < 1.29 is 8.78 Å². The van der Waals surface area contributed by atoms with Gasteiger partial charge in [0.05, 0.1) is 0 Å². The summed E-state index contributed by atoms with van der Waals surface area (Å²) in [7, 11) is 0. The summed E-state index contributed by atoms with van der Waals surface area (Å²) in [6, 6.07) is 13.1. The highest BCUT2D eigenvalue weighted by Gasteiger charge is 1.99. The molecule has 0 saturated carbocycles. The Labute approximate surface area is 92.7 Å². The molecule has 0 aliphatic heterocycles. The Morgan fingerprint density at radius 3 is 2.12 bits per heavy atom. The molecular formula is C13H11F2N. The number of hydrogen-bond donors (Lipinski definition) is 1. The van der Waals surface area contributed by atoms with Gasteiger partial charge >= 0.3 is 0 Å². The molecule has 3 heteroatoms. The number of benzene rings is 2. The van der Waals surface area contributed by atoms with E-state index >= 15 is 0 Å². The Balaban J connectivity index is 2.05. The standard InChI is InChI=1S/C13H11F2N/c14-11-6-12(15)8-13(7-11)16-9-10-4-2-1-3-5-10/h1-8,16H,9H2. The van der Waals surface area contributed by atoms with Crippen LogP contribution in [0.2, 0.25) is 0 Å². The summed E-state index contributed by atoms with van der Waals surface area (Å²) in [5.41, 5.74) is 1.51. The van der Waals surface area contributed by atoms with Crippen molar-refractivity contribution in [2.75, 3.05) is 5.32 Å². The predicted molar refractivity (Wildman–Crippen MR) is 60.1 cm³/mol. The van der Waals surface area contributed by atoms with E-state index in [1.54, 1.807) is 0 Å². The second-order valence-electron chi connectivity index (χ2n) is 3.50. The lowest BCUT2D eigenvalue weighted by atomic mass is 10.2. The van der Waals surface area contributed by atoms with Crippen LogP contribution in [0, 0.1) is 11.6 Å². The molecule has 2 rings (SSSR count). The predicted octanol–water partition coefficient (Wildman–Crippen LogP) is 3.58. The molecule has 0 atom stereocenters. The van der Waals surface area contributed by atoms with Crippen molar-refractivity contribution in [3.8, 4) is 0 Å². The lowest BCUT2D eigenvalue weighted by Gasteiger charge is -2.06. The average molecular weight is 219 g/mol. The highest BCUT2D eigenvalue weighted by Crippen LogP contribution is 2.13. The quantitative estimate of drug-likeness (QED) is 0.832. The molecular weight excluding hydrogens is 208 g/mol. The fraction of sp³-hybridized carbons (Fsp3) is 0.0769. The molecule has 0 spiro atoms. The topological polar surface area (TPSA) is 12.0 Å². The molecule has 0 aliphatic carbocycles. The van der Waals surface area contributed by atoms with Gasteiger partial charge in [0.25, 0.3) is 0 Å². The van der Waals surface area contributed by atoms with Crippen LogP contribution >= 0.6 is 0 Å².